The van der Waals surface area contributed by atoms with Crippen molar-refractivity contribution in [1.82, 2.24) is 0 Å². The Hall–Kier alpha value is -1.40. The Kier molecular flexibility index (Phi) is 5.71. The van der Waals surface area contributed by atoms with Crippen LogP contribution in [-0.4, -0.2) is 36.5 Å². The van der Waals surface area contributed by atoms with Gasteiger partial charge in [-0.1, -0.05) is 6.08 Å². The molecule has 0 spiro atoms. The minimum atomic E-state index is -0.606. The molecule has 1 fully saturated rings. The van der Waals surface area contributed by atoms with Gasteiger partial charge in [0.1, 0.15) is 6.10 Å². The number of carbonyl (C=O) groups excluding carboxylic acids is 2. The molecule has 0 aromatic rings. The average molecular weight is 285 g/mol. The monoisotopic (exact) mass is 285 g/mol. The normalized spacial score (nSPS) is 26.7. The molecule has 1 amide bonds. The molecule has 0 aromatic carbocycles. The summed E-state index contributed by atoms with van der Waals surface area (Å²) in [6.07, 6.45) is 3.37. The highest BCUT2D eigenvalue weighted by Gasteiger charge is 2.46. The van der Waals surface area contributed by atoms with Crippen LogP contribution in [0, 0.1) is 0 Å². The van der Waals surface area contributed by atoms with Gasteiger partial charge in [-0.25, -0.2) is 4.79 Å². The van der Waals surface area contributed by atoms with Gasteiger partial charge in [0.2, 0.25) is 5.91 Å². The van der Waals surface area contributed by atoms with Gasteiger partial charge >= 0.3 is 5.97 Å². The number of nitrogens with two attached hydrogens (primary N) is 1. The van der Waals surface area contributed by atoms with Crippen molar-refractivity contribution in [3.05, 3.63) is 11.6 Å². The fraction of sp³-hybridized carbons (Fsp3) is 0.714. The second kappa shape index (κ2) is 6.85. The number of allylic oxidation sites excluding steroid dienone is 1. The van der Waals surface area contributed by atoms with E-state index in [9.17, 15) is 9.59 Å². The smallest absolute Gasteiger partial charge is 0.336 e. The Bertz CT molecular complexity index is 398. The average Bonchev–Trinajstić information content (AvgIpc) is 2.61. The number of hydrogen-bond donors (Lipinski definition) is 1. The Morgan fingerprint density at radius 1 is 1.45 bits per heavy atom. The van der Waals surface area contributed by atoms with Gasteiger partial charge in [-0.05, 0) is 33.6 Å². The zero-order valence-electron chi connectivity index (χ0n) is 12.5. The van der Waals surface area contributed by atoms with Gasteiger partial charge < -0.3 is 19.9 Å². The van der Waals surface area contributed by atoms with Gasteiger partial charge in [0.05, 0.1) is 18.3 Å². The predicted octanol–water partition coefficient (Wildman–Crippen LogP) is 1.28. The first-order chi connectivity index (χ1) is 9.26. The molecule has 2 unspecified atom stereocenters. The number of primary amides is 1. The van der Waals surface area contributed by atoms with E-state index in [1.807, 2.05) is 19.9 Å². The summed E-state index contributed by atoms with van der Waals surface area (Å²) >= 11 is 0. The van der Waals surface area contributed by atoms with E-state index in [0.29, 0.717) is 12.2 Å². The molecule has 6 nitrogen and oxygen atoms in total. The van der Waals surface area contributed by atoms with E-state index in [4.69, 9.17) is 14.2 Å². The first kappa shape index (κ1) is 16.7. The molecule has 2 N–H and O–H groups in total. The summed E-state index contributed by atoms with van der Waals surface area (Å²) in [5, 5.41) is 0. The topological polar surface area (TPSA) is 87.9 Å². The van der Waals surface area contributed by atoms with Gasteiger partial charge in [0.15, 0.2) is 5.79 Å². The van der Waals surface area contributed by atoms with Crippen LogP contribution in [-0.2, 0) is 23.8 Å². The molecule has 1 saturated heterocycles. The summed E-state index contributed by atoms with van der Waals surface area (Å²) in [6, 6.07) is 0. The van der Waals surface area contributed by atoms with E-state index >= 15 is 0 Å². The predicted molar refractivity (Wildman–Crippen MR) is 72.6 cm³/mol. The highest BCUT2D eigenvalue weighted by atomic mass is 16.8. The number of fused-ring (bicyclic) bond motifs is 1. The van der Waals surface area contributed by atoms with Gasteiger partial charge in [-0.3, -0.25) is 4.79 Å². The van der Waals surface area contributed by atoms with E-state index in [2.05, 4.69) is 5.73 Å². The summed E-state index contributed by atoms with van der Waals surface area (Å²) in [5.41, 5.74) is 5.09. The molecule has 0 saturated carbocycles. The molecule has 6 heteroatoms. The van der Waals surface area contributed by atoms with Crippen molar-refractivity contribution in [2.45, 2.75) is 58.5 Å². The third kappa shape index (κ3) is 4.61. The van der Waals surface area contributed by atoms with Crippen molar-refractivity contribution in [1.29, 1.82) is 0 Å². The molecule has 114 valence electrons. The molecule has 0 aromatic heterocycles. The van der Waals surface area contributed by atoms with Gasteiger partial charge in [-0.15, -0.1) is 0 Å². The summed E-state index contributed by atoms with van der Waals surface area (Å²) in [7, 11) is 0. The highest BCUT2D eigenvalue weighted by Crippen LogP contribution is 2.37. The standard InChI is InChI=1S/C12H18O4.C2H5NO/c1-4-14-11(13)8-6-5-7-9-10(8)16-12(2,3)15-9;1-2(3)4/h6,9-10H,4-5,7H2,1-3H3;1H3,(H2,3,4). The summed E-state index contributed by atoms with van der Waals surface area (Å²) in [6.45, 7) is 7.23. The number of carbonyl (C=O) groups is 2. The molecular formula is C14H23NO5. The molecule has 2 aliphatic rings. The van der Waals surface area contributed by atoms with Crippen molar-refractivity contribution in [2.75, 3.05) is 6.61 Å². The Morgan fingerprint density at radius 3 is 2.60 bits per heavy atom. The van der Waals surface area contributed by atoms with Crippen molar-refractivity contribution in [3.63, 3.8) is 0 Å². The van der Waals surface area contributed by atoms with Gasteiger partial charge in [-0.2, -0.15) is 0 Å². The molecule has 0 radical (unpaired) electrons. The van der Waals surface area contributed by atoms with Crippen LogP contribution in [0.3, 0.4) is 0 Å². The number of amides is 1. The summed E-state index contributed by atoms with van der Waals surface area (Å²) < 4.78 is 16.5. The lowest BCUT2D eigenvalue weighted by Crippen LogP contribution is -2.32. The largest absolute Gasteiger partial charge is 0.463 e. The van der Waals surface area contributed by atoms with Crippen molar-refractivity contribution in [3.8, 4) is 0 Å². The van der Waals surface area contributed by atoms with Crippen molar-refractivity contribution in [2.24, 2.45) is 5.73 Å². The molecule has 1 aliphatic heterocycles. The first-order valence-electron chi connectivity index (χ1n) is 6.75. The number of esters is 1. The fourth-order valence-corrected chi connectivity index (χ4v) is 2.24. The second-order valence-corrected chi connectivity index (χ2v) is 5.16. The third-order valence-electron chi connectivity index (χ3n) is 2.82. The third-order valence-corrected chi connectivity index (χ3v) is 2.82. The Morgan fingerprint density at radius 2 is 2.05 bits per heavy atom. The number of rotatable bonds is 2. The zero-order chi connectivity index (χ0) is 15.3. The van der Waals surface area contributed by atoms with Crippen molar-refractivity contribution < 1.29 is 23.8 Å². The lowest BCUT2D eigenvalue weighted by molar-refractivity contribution is -0.148. The minimum absolute atomic E-state index is 0.0144. The minimum Gasteiger partial charge on any atom is -0.463 e. The van der Waals surface area contributed by atoms with Crippen LogP contribution in [0.4, 0.5) is 0 Å². The lowest BCUT2D eigenvalue weighted by Gasteiger charge is -2.22. The molecule has 20 heavy (non-hydrogen) atoms. The van der Waals surface area contributed by atoms with E-state index < -0.39 is 5.79 Å². The quantitative estimate of drug-likeness (QED) is 0.772. The Labute approximate surface area is 119 Å². The lowest BCUT2D eigenvalue weighted by atomic mass is 9.94. The molecule has 2 rings (SSSR count). The fourth-order valence-electron chi connectivity index (χ4n) is 2.24. The summed E-state index contributed by atoms with van der Waals surface area (Å²) in [5.74, 6) is -1.22. The Balaban J connectivity index is 0.000000444. The van der Waals surface area contributed by atoms with Crippen LogP contribution < -0.4 is 5.73 Å². The van der Waals surface area contributed by atoms with E-state index in [-0.39, 0.29) is 24.1 Å². The van der Waals surface area contributed by atoms with Gasteiger partial charge in [0.25, 0.3) is 0 Å². The number of ether oxygens (including phenoxy) is 3. The molecule has 0 bridgehead atoms. The summed E-state index contributed by atoms with van der Waals surface area (Å²) in [4.78, 5) is 20.9. The molecular weight excluding hydrogens is 262 g/mol. The van der Waals surface area contributed by atoms with Crippen LogP contribution >= 0.6 is 0 Å². The van der Waals surface area contributed by atoms with Crippen LogP contribution in [0.25, 0.3) is 0 Å². The van der Waals surface area contributed by atoms with Crippen LogP contribution in [0.2, 0.25) is 0 Å². The zero-order valence-corrected chi connectivity index (χ0v) is 12.5. The van der Waals surface area contributed by atoms with E-state index in [1.54, 1.807) is 6.92 Å². The van der Waals surface area contributed by atoms with Gasteiger partial charge in [0, 0.05) is 6.92 Å². The van der Waals surface area contributed by atoms with Crippen LogP contribution in [0.1, 0.15) is 40.5 Å². The number of hydrogen-bond acceptors (Lipinski definition) is 5. The maximum absolute atomic E-state index is 11.7. The van der Waals surface area contributed by atoms with Crippen LogP contribution in [0.15, 0.2) is 11.6 Å². The second-order valence-electron chi connectivity index (χ2n) is 5.16. The van der Waals surface area contributed by atoms with E-state index in [1.165, 1.54) is 6.92 Å². The molecule has 1 heterocycles. The molecule has 1 aliphatic carbocycles. The first-order valence-corrected chi connectivity index (χ1v) is 6.75. The maximum atomic E-state index is 11.7. The highest BCUT2D eigenvalue weighted by molar-refractivity contribution is 5.90. The molecule has 2 atom stereocenters. The maximum Gasteiger partial charge on any atom is 0.336 e. The van der Waals surface area contributed by atoms with Crippen LogP contribution in [0.5, 0.6) is 0 Å². The SMILES string of the molecule is CC(N)=O.CCOC(=O)C1=CCCC2OC(C)(C)OC12. The van der Waals surface area contributed by atoms with Crippen molar-refractivity contribution >= 4 is 11.9 Å². The van der Waals surface area contributed by atoms with E-state index in [0.717, 1.165) is 12.8 Å².